The molecule has 0 unspecified atom stereocenters. The molecule has 0 amide bonds. The fourth-order valence-corrected chi connectivity index (χ4v) is 1.39. The van der Waals surface area contributed by atoms with Gasteiger partial charge in [0, 0.05) is 12.0 Å². The number of hydrogen-bond donors (Lipinski definition) is 1. The van der Waals surface area contributed by atoms with Gasteiger partial charge in [0.2, 0.25) is 5.78 Å². The number of carbonyl (C=O) groups excluding carboxylic acids is 1. The Morgan fingerprint density at radius 3 is 1.76 bits per heavy atom. The molecule has 3 nitrogen and oxygen atoms in total. The summed E-state index contributed by atoms with van der Waals surface area (Å²) in [5.41, 5.74) is -1.25. The second kappa shape index (κ2) is 4.82. The summed E-state index contributed by atoms with van der Waals surface area (Å²) in [6.45, 7) is 0. The quantitative estimate of drug-likeness (QED) is 0.403. The minimum atomic E-state index is -1.95. The minimum absolute atomic E-state index is 1.06. The van der Waals surface area contributed by atoms with Gasteiger partial charge in [-0.15, -0.1) is 0 Å². The first kappa shape index (κ1) is 13.6. The molecule has 0 aliphatic rings. The number of aliphatic carboxylic acids is 1. The number of benzene rings is 1. The highest BCUT2D eigenvalue weighted by Gasteiger charge is 2.26. The summed E-state index contributed by atoms with van der Waals surface area (Å²) >= 11 is 2.28. The van der Waals surface area contributed by atoms with Gasteiger partial charge in [0.05, 0.1) is 4.47 Å². The predicted molar refractivity (Wildman–Crippen MR) is 50.3 cm³/mol. The van der Waals surface area contributed by atoms with Gasteiger partial charge in [-0.3, -0.25) is 4.79 Å². The second-order valence-corrected chi connectivity index (χ2v) is 3.75. The molecule has 0 aromatic heterocycles. The maximum Gasteiger partial charge on any atom is 0.372 e. The van der Waals surface area contributed by atoms with Gasteiger partial charge >= 0.3 is 5.97 Å². The van der Waals surface area contributed by atoms with E-state index >= 15 is 0 Å². The lowest BCUT2D eigenvalue weighted by Gasteiger charge is -2.07. The standard InChI is InChI=1S/C9H3BrF4O3/c10-4-7(13)5(11)2(6(12)8(4)14)1-3(15)9(16)17/h1H2,(H,16,17). The zero-order chi connectivity index (χ0) is 13.3. The molecule has 1 aromatic carbocycles. The normalized spacial score (nSPS) is 10.4. The predicted octanol–water partition coefficient (Wildman–Crippen LogP) is 2.20. The first-order valence-electron chi connectivity index (χ1n) is 4.03. The number of carbonyl (C=O) groups is 2. The van der Waals surface area contributed by atoms with Crippen molar-refractivity contribution in [1.29, 1.82) is 0 Å². The molecule has 1 rings (SSSR count). The molecule has 1 aromatic rings. The van der Waals surface area contributed by atoms with Crippen LogP contribution >= 0.6 is 15.9 Å². The summed E-state index contributed by atoms with van der Waals surface area (Å²) in [4.78, 5) is 20.9. The Hall–Kier alpha value is -1.44. The van der Waals surface area contributed by atoms with Gasteiger partial charge in [0.1, 0.15) is 0 Å². The lowest BCUT2D eigenvalue weighted by Crippen LogP contribution is -2.18. The Morgan fingerprint density at radius 1 is 1.00 bits per heavy atom. The van der Waals surface area contributed by atoms with Crippen LogP contribution in [0.5, 0.6) is 0 Å². The molecular weight excluding hydrogens is 312 g/mol. The van der Waals surface area contributed by atoms with Crippen molar-refractivity contribution in [1.82, 2.24) is 0 Å². The highest BCUT2D eigenvalue weighted by Crippen LogP contribution is 2.28. The number of hydrogen-bond acceptors (Lipinski definition) is 2. The summed E-state index contributed by atoms with van der Waals surface area (Å²) in [6.07, 6.45) is -1.27. The van der Waals surface area contributed by atoms with Gasteiger partial charge in [-0.25, -0.2) is 22.4 Å². The van der Waals surface area contributed by atoms with Crippen LogP contribution in [-0.4, -0.2) is 16.9 Å². The molecule has 0 atom stereocenters. The highest BCUT2D eigenvalue weighted by atomic mass is 79.9. The maximum atomic E-state index is 13.2. The van der Waals surface area contributed by atoms with Crippen LogP contribution in [0.25, 0.3) is 0 Å². The topological polar surface area (TPSA) is 54.4 Å². The molecule has 1 N–H and O–H groups in total. The Morgan fingerprint density at radius 2 is 1.41 bits per heavy atom. The third-order valence-electron chi connectivity index (χ3n) is 1.88. The Bertz CT molecular complexity index is 486. The lowest BCUT2D eigenvalue weighted by atomic mass is 10.1. The van der Waals surface area contributed by atoms with Crippen LogP contribution in [0.4, 0.5) is 17.6 Å². The molecule has 0 radical (unpaired) electrons. The molecule has 0 aliphatic carbocycles. The molecule has 8 heteroatoms. The van der Waals surface area contributed by atoms with Crippen molar-refractivity contribution in [3.8, 4) is 0 Å². The van der Waals surface area contributed by atoms with Crippen LogP contribution in [0.15, 0.2) is 4.47 Å². The minimum Gasteiger partial charge on any atom is -0.475 e. The molecule has 92 valence electrons. The van der Waals surface area contributed by atoms with Gasteiger partial charge in [-0.2, -0.15) is 0 Å². The first-order valence-corrected chi connectivity index (χ1v) is 4.83. The van der Waals surface area contributed by atoms with Gasteiger partial charge < -0.3 is 5.11 Å². The van der Waals surface area contributed by atoms with E-state index in [-0.39, 0.29) is 0 Å². The largest absolute Gasteiger partial charge is 0.475 e. The summed E-state index contributed by atoms with van der Waals surface area (Å²) in [5, 5.41) is 8.23. The van der Waals surface area contributed by atoms with Gasteiger partial charge in [-0.05, 0) is 15.9 Å². The lowest BCUT2D eigenvalue weighted by molar-refractivity contribution is -0.148. The van der Waals surface area contributed by atoms with Crippen LogP contribution < -0.4 is 0 Å². The van der Waals surface area contributed by atoms with Crippen LogP contribution in [0, 0.1) is 23.3 Å². The van der Waals surface area contributed by atoms with E-state index in [9.17, 15) is 27.2 Å². The Balaban J connectivity index is 3.35. The molecule has 0 saturated heterocycles. The van der Waals surface area contributed by atoms with Gasteiger partial charge in [0.25, 0.3) is 0 Å². The van der Waals surface area contributed by atoms with Crippen molar-refractivity contribution < 1.29 is 32.3 Å². The third-order valence-corrected chi connectivity index (χ3v) is 2.57. The number of carboxylic acids is 1. The summed E-state index contributed by atoms with van der Waals surface area (Å²) in [5.74, 6) is -10.6. The van der Waals surface area contributed by atoms with Crippen LogP contribution in [0.3, 0.4) is 0 Å². The fraction of sp³-hybridized carbons (Fsp3) is 0.111. The summed E-state index contributed by atoms with van der Waals surface area (Å²) in [7, 11) is 0. The first-order chi connectivity index (χ1) is 7.77. The fourth-order valence-electron chi connectivity index (χ4n) is 1.04. The van der Waals surface area contributed by atoms with E-state index in [1.54, 1.807) is 0 Å². The van der Waals surface area contributed by atoms with Crippen molar-refractivity contribution in [3.63, 3.8) is 0 Å². The van der Waals surface area contributed by atoms with Crippen LogP contribution in [0.2, 0.25) is 0 Å². The van der Waals surface area contributed by atoms with Crippen LogP contribution in [-0.2, 0) is 16.0 Å². The molecule has 0 bridgehead atoms. The molecule has 0 heterocycles. The summed E-state index contributed by atoms with van der Waals surface area (Å²) < 4.78 is 51.3. The van der Waals surface area contributed by atoms with E-state index < -0.39 is 51.5 Å². The Kier molecular flexibility index (Phi) is 3.87. The molecule has 17 heavy (non-hydrogen) atoms. The van der Waals surface area contributed by atoms with E-state index in [0.29, 0.717) is 0 Å². The maximum absolute atomic E-state index is 13.2. The number of Topliss-reactive ketones (excluding diaryl/α,β-unsaturated/α-hetero) is 1. The van der Waals surface area contributed by atoms with E-state index in [4.69, 9.17) is 5.11 Å². The number of halogens is 5. The monoisotopic (exact) mass is 314 g/mol. The number of carboxylic acid groups (broad SMARTS) is 1. The second-order valence-electron chi connectivity index (χ2n) is 2.95. The van der Waals surface area contributed by atoms with Gasteiger partial charge in [0.15, 0.2) is 23.3 Å². The average molecular weight is 315 g/mol. The van der Waals surface area contributed by atoms with Crippen molar-refractivity contribution in [2.45, 2.75) is 6.42 Å². The third kappa shape index (κ3) is 2.46. The van der Waals surface area contributed by atoms with E-state index in [2.05, 4.69) is 15.9 Å². The van der Waals surface area contributed by atoms with Gasteiger partial charge in [-0.1, -0.05) is 0 Å². The smallest absolute Gasteiger partial charge is 0.372 e. The Labute approximate surface area is 100 Å². The molecule has 0 fully saturated rings. The van der Waals surface area contributed by atoms with E-state index in [1.165, 1.54) is 0 Å². The average Bonchev–Trinajstić information content (AvgIpc) is 2.29. The molecule has 0 spiro atoms. The number of rotatable bonds is 3. The van der Waals surface area contributed by atoms with E-state index in [1.807, 2.05) is 0 Å². The van der Waals surface area contributed by atoms with Crippen molar-refractivity contribution in [3.05, 3.63) is 33.3 Å². The van der Waals surface area contributed by atoms with E-state index in [0.717, 1.165) is 0 Å². The van der Waals surface area contributed by atoms with Crippen LogP contribution in [0.1, 0.15) is 5.56 Å². The zero-order valence-electron chi connectivity index (χ0n) is 7.86. The SMILES string of the molecule is O=C(O)C(=O)Cc1c(F)c(F)c(Br)c(F)c1F. The molecular formula is C9H3BrF4O3. The van der Waals surface area contributed by atoms with Crippen molar-refractivity contribution in [2.75, 3.05) is 0 Å². The van der Waals surface area contributed by atoms with Crippen molar-refractivity contribution in [2.24, 2.45) is 0 Å². The highest BCUT2D eigenvalue weighted by molar-refractivity contribution is 9.10. The zero-order valence-corrected chi connectivity index (χ0v) is 9.45. The van der Waals surface area contributed by atoms with Crippen molar-refractivity contribution >= 4 is 27.7 Å². The summed E-state index contributed by atoms with van der Waals surface area (Å²) in [6, 6.07) is 0. The molecule has 0 saturated carbocycles. The molecule has 0 aliphatic heterocycles. The number of ketones is 1.